The van der Waals surface area contributed by atoms with Crippen molar-refractivity contribution in [3.05, 3.63) is 18.1 Å². The van der Waals surface area contributed by atoms with Crippen LogP contribution in [-0.4, -0.2) is 39.9 Å². The standard InChI is InChI=1S/C8H7F4N3O2/c9-7(10)8(11,12)3-15-5-2-13-4(1-14-5)6(16)17/h1-2,7H,3H2,(H,14,15)(H,16,17). The van der Waals surface area contributed by atoms with E-state index in [1.54, 1.807) is 0 Å². The molecule has 0 saturated heterocycles. The number of halogens is 4. The normalized spacial score (nSPS) is 11.6. The Balaban J connectivity index is 2.62. The average molecular weight is 253 g/mol. The monoisotopic (exact) mass is 253 g/mol. The van der Waals surface area contributed by atoms with Crippen LogP contribution in [0.4, 0.5) is 23.4 Å². The Labute approximate surface area is 92.5 Å². The molecular formula is C8H7F4N3O2. The minimum Gasteiger partial charge on any atom is -0.476 e. The maximum absolute atomic E-state index is 12.5. The van der Waals surface area contributed by atoms with Crippen LogP contribution in [0.2, 0.25) is 0 Å². The first kappa shape index (κ1) is 13.1. The molecule has 0 amide bonds. The second-order valence-electron chi connectivity index (χ2n) is 3.01. The van der Waals surface area contributed by atoms with Gasteiger partial charge in [-0.2, -0.15) is 8.78 Å². The third-order valence-corrected chi connectivity index (χ3v) is 1.70. The molecule has 94 valence electrons. The minimum atomic E-state index is -4.19. The summed E-state index contributed by atoms with van der Waals surface area (Å²) in [6.45, 7) is -1.31. The number of nitrogens with one attached hydrogen (secondary N) is 1. The summed E-state index contributed by atoms with van der Waals surface area (Å²) in [7, 11) is 0. The van der Waals surface area contributed by atoms with Crippen molar-refractivity contribution in [3.8, 4) is 0 Å². The predicted octanol–water partition coefficient (Wildman–Crippen LogP) is 1.49. The van der Waals surface area contributed by atoms with Crippen molar-refractivity contribution in [1.29, 1.82) is 0 Å². The van der Waals surface area contributed by atoms with Crippen molar-refractivity contribution < 1.29 is 27.5 Å². The Hall–Kier alpha value is -1.93. The summed E-state index contributed by atoms with van der Waals surface area (Å²) in [4.78, 5) is 17.2. The van der Waals surface area contributed by atoms with E-state index in [2.05, 4.69) is 9.97 Å². The van der Waals surface area contributed by atoms with Crippen molar-refractivity contribution in [2.24, 2.45) is 0 Å². The van der Waals surface area contributed by atoms with Crippen molar-refractivity contribution in [2.45, 2.75) is 12.3 Å². The van der Waals surface area contributed by atoms with Gasteiger partial charge in [-0.3, -0.25) is 0 Å². The lowest BCUT2D eigenvalue weighted by Gasteiger charge is -2.15. The van der Waals surface area contributed by atoms with Crippen LogP contribution in [0.3, 0.4) is 0 Å². The SMILES string of the molecule is O=C(O)c1cnc(NCC(F)(F)C(F)F)cn1. The van der Waals surface area contributed by atoms with Gasteiger partial charge in [0, 0.05) is 0 Å². The molecule has 5 nitrogen and oxygen atoms in total. The Bertz CT molecular complexity index is 396. The number of hydrogen-bond acceptors (Lipinski definition) is 4. The molecule has 0 aliphatic heterocycles. The molecule has 0 aromatic carbocycles. The van der Waals surface area contributed by atoms with Crippen LogP contribution in [0.5, 0.6) is 0 Å². The predicted molar refractivity (Wildman–Crippen MR) is 48.4 cm³/mol. The molecule has 1 rings (SSSR count). The number of rotatable bonds is 5. The number of carboxylic acid groups (broad SMARTS) is 1. The minimum absolute atomic E-state index is 0.213. The van der Waals surface area contributed by atoms with Crippen LogP contribution >= 0.6 is 0 Å². The van der Waals surface area contributed by atoms with Gasteiger partial charge < -0.3 is 10.4 Å². The maximum Gasteiger partial charge on any atom is 0.356 e. The Morgan fingerprint density at radius 1 is 1.41 bits per heavy atom. The molecule has 0 unspecified atom stereocenters. The smallest absolute Gasteiger partial charge is 0.356 e. The van der Waals surface area contributed by atoms with Gasteiger partial charge in [0.15, 0.2) is 5.69 Å². The third kappa shape index (κ3) is 3.54. The molecule has 2 N–H and O–H groups in total. The summed E-state index contributed by atoms with van der Waals surface area (Å²) in [6, 6.07) is 0. The molecule has 17 heavy (non-hydrogen) atoms. The lowest BCUT2D eigenvalue weighted by molar-refractivity contribution is -0.117. The highest BCUT2D eigenvalue weighted by Crippen LogP contribution is 2.22. The maximum atomic E-state index is 12.5. The number of carbonyl (C=O) groups is 1. The third-order valence-electron chi connectivity index (χ3n) is 1.70. The first-order valence-corrected chi connectivity index (χ1v) is 4.28. The lowest BCUT2D eigenvalue weighted by Crippen LogP contribution is -2.35. The second kappa shape index (κ2) is 4.93. The molecule has 0 spiro atoms. The lowest BCUT2D eigenvalue weighted by atomic mass is 10.3. The number of aromatic nitrogens is 2. The quantitative estimate of drug-likeness (QED) is 0.777. The number of carboxylic acids is 1. The molecule has 9 heteroatoms. The highest BCUT2D eigenvalue weighted by Gasteiger charge is 2.40. The molecule has 0 fully saturated rings. The van der Waals surface area contributed by atoms with E-state index >= 15 is 0 Å². The molecule has 0 radical (unpaired) electrons. The van der Waals surface area contributed by atoms with E-state index in [9.17, 15) is 22.4 Å². The molecule has 1 aromatic heterocycles. The fraction of sp³-hybridized carbons (Fsp3) is 0.375. The summed E-state index contributed by atoms with van der Waals surface area (Å²) in [5.74, 6) is -5.73. The summed E-state index contributed by atoms with van der Waals surface area (Å²) >= 11 is 0. The van der Waals surface area contributed by atoms with Crippen LogP contribution in [0.15, 0.2) is 12.4 Å². The van der Waals surface area contributed by atoms with Crippen LogP contribution < -0.4 is 5.32 Å². The van der Waals surface area contributed by atoms with Gasteiger partial charge in [0.25, 0.3) is 0 Å². The van der Waals surface area contributed by atoms with E-state index in [0.717, 1.165) is 12.4 Å². The Morgan fingerprint density at radius 3 is 2.47 bits per heavy atom. The molecule has 0 aliphatic rings. The van der Waals surface area contributed by atoms with E-state index < -0.39 is 24.9 Å². The molecule has 0 atom stereocenters. The Morgan fingerprint density at radius 2 is 2.06 bits per heavy atom. The molecule has 1 heterocycles. The first-order valence-electron chi connectivity index (χ1n) is 4.28. The van der Waals surface area contributed by atoms with Crippen molar-refractivity contribution in [1.82, 2.24) is 9.97 Å². The number of hydrogen-bond donors (Lipinski definition) is 2. The van der Waals surface area contributed by atoms with Gasteiger partial charge >= 0.3 is 18.3 Å². The van der Waals surface area contributed by atoms with Crippen LogP contribution in [0.1, 0.15) is 10.5 Å². The van der Waals surface area contributed by atoms with Crippen molar-refractivity contribution in [3.63, 3.8) is 0 Å². The molecule has 0 bridgehead atoms. The molecule has 0 aliphatic carbocycles. The van der Waals surface area contributed by atoms with E-state index in [1.165, 1.54) is 0 Å². The van der Waals surface area contributed by atoms with Crippen molar-refractivity contribution >= 4 is 11.8 Å². The van der Waals surface area contributed by atoms with Crippen LogP contribution in [0.25, 0.3) is 0 Å². The molecule has 0 saturated carbocycles. The largest absolute Gasteiger partial charge is 0.476 e. The Kier molecular flexibility index (Phi) is 3.81. The molecular weight excluding hydrogens is 246 g/mol. The summed E-state index contributed by atoms with van der Waals surface area (Å²) in [6.07, 6.45) is -2.10. The van der Waals surface area contributed by atoms with Gasteiger partial charge in [0.2, 0.25) is 0 Å². The highest BCUT2D eigenvalue weighted by atomic mass is 19.3. The van der Waals surface area contributed by atoms with E-state index in [-0.39, 0.29) is 11.5 Å². The number of anilines is 1. The summed E-state index contributed by atoms with van der Waals surface area (Å²) < 4.78 is 48.5. The average Bonchev–Trinajstić information content (AvgIpc) is 2.27. The van der Waals surface area contributed by atoms with E-state index in [1.807, 2.05) is 5.32 Å². The van der Waals surface area contributed by atoms with Crippen LogP contribution in [-0.2, 0) is 0 Å². The van der Waals surface area contributed by atoms with Gasteiger partial charge in [-0.1, -0.05) is 0 Å². The number of alkyl halides is 4. The highest BCUT2D eigenvalue weighted by molar-refractivity contribution is 5.84. The van der Waals surface area contributed by atoms with Crippen molar-refractivity contribution in [2.75, 3.05) is 11.9 Å². The number of nitrogens with zero attached hydrogens (tertiary/aromatic N) is 2. The summed E-state index contributed by atoms with van der Waals surface area (Å²) in [5, 5.41) is 10.4. The van der Waals surface area contributed by atoms with Gasteiger partial charge in [-0.25, -0.2) is 23.5 Å². The van der Waals surface area contributed by atoms with Gasteiger partial charge in [-0.15, -0.1) is 0 Å². The van der Waals surface area contributed by atoms with Gasteiger partial charge in [0.05, 0.1) is 18.9 Å². The van der Waals surface area contributed by atoms with E-state index in [0.29, 0.717) is 0 Å². The molecule has 1 aromatic rings. The second-order valence-corrected chi connectivity index (χ2v) is 3.01. The van der Waals surface area contributed by atoms with Gasteiger partial charge in [-0.05, 0) is 0 Å². The fourth-order valence-electron chi connectivity index (χ4n) is 0.815. The zero-order valence-corrected chi connectivity index (χ0v) is 8.20. The first-order chi connectivity index (χ1) is 7.83. The number of aromatic carboxylic acids is 1. The zero-order valence-electron chi connectivity index (χ0n) is 8.20. The fourth-order valence-corrected chi connectivity index (χ4v) is 0.815. The van der Waals surface area contributed by atoms with E-state index in [4.69, 9.17) is 5.11 Å². The zero-order chi connectivity index (χ0) is 13.1. The van der Waals surface area contributed by atoms with Crippen LogP contribution in [0, 0.1) is 0 Å². The topological polar surface area (TPSA) is 75.1 Å². The summed E-state index contributed by atoms with van der Waals surface area (Å²) in [5.41, 5.74) is -0.379. The van der Waals surface area contributed by atoms with Gasteiger partial charge in [0.1, 0.15) is 5.82 Å².